The molecule has 1 aromatic heterocycles. The molecular formula is C22H28O5. The van der Waals surface area contributed by atoms with Crippen molar-refractivity contribution < 1.29 is 23.5 Å². The number of ether oxygens (including phenoxy) is 2. The summed E-state index contributed by atoms with van der Waals surface area (Å²) in [4.78, 5) is 25.1. The second kappa shape index (κ2) is 6.25. The van der Waals surface area contributed by atoms with Crippen LogP contribution in [0.2, 0.25) is 0 Å². The highest BCUT2D eigenvalue weighted by atomic mass is 16.5. The van der Waals surface area contributed by atoms with Crippen molar-refractivity contribution in [2.75, 3.05) is 7.11 Å². The van der Waals surface area contributed by atoms with Crippen molar-refractivity contribution in [2.45, 2.75) is 52.1 Å². The van der Waals surface area contributed by atoms with Gasteiger partial charge in [0, 0.05) is 24.3 Å². The fourth-order valence-electron chi connectivity index (χ4n) is 6.27. The molecule has 27 heavy (non-hydrogen) atoms. The first-order valence-electron chi connectivity index (χ1n) is 9.76. The molecule has 0 unspecified atom stereocenters. The van der Waals surface area contributed by atoms with Gasteiger partial charge < -0.3 is 13.9 Å². The number of methoxy groups -OCH3 is 1. The van der Waals surface area contributed by atoms with Crippen LogP contribution >= 0.6 is 0 Å². The molecule has 3 fully saturated rings. The minimum Gasteiger partial charge on any atom is -0.490 e. The lowest BCUT2D eigenvalue weighted by atomic mass is 9.43. The van der Waals surface area contributed by atoms with E-state index in [-0.39, 0.29) is 46.4 Å². The Kier molecular flexibility index (Phi) is 4.24. The van der Waals surface area contributed by atoms with Crippen LogP contribution in [-0.4, -0.2) is 18.9 Å². The van der Waals surface area contributed by atoms with E-state index in [2.05, 4.69) is 20.4 Å². The molecular weight excluding hydrogens is 344 g/mol. The summed E-state index contributed by atoms with van der Waals surface area (Å²) in [6.45, 7) is 8.66. The van der Waals surface area contributed by atoms with Crippen molar-refractivity contribution in [2.24, 2.45) is 28.6 Å². The second-order valence-electron chi connectivity index (χ2n) is 9.01. The van der Waals surface area contributed by atoms with Gasteiger partial charge in [0.25, 0.3) is 0 Å². The van der Waals surface area contributed by atoms with E-state index >= 15 is 0 Å². The zero-order chi connectivity index (χ0) is 19.4. The molecule has 3 aliphatic rings. The van der Waals surface area contributed by atoms with Crippen molar-refractivity contribution in [3.8, 4) is 0 Å². The first-order valence-corrected chi connectivity index (χ1v) is 9.76. The number of fused-ring (bicyclic) bond motifs is 3. The van der Waals surface area contributed by atoms with Crippen LogP contribution in [-0.2, 0) is 19.1 Å². The summed E-state index contributed by atoms with van der Waals surface area (Å²) in [6.07, 6.45) is 6.63. The van der Waals surface area contributed by atoms with Gasteiger partial charge in [-0.25, -0.2) is 0 Å². The number of esters is 1. The van der Waals surface area contributed by atoms with E-state index in [9.17, 15) is 9.59 Å². The molecule has 2 saturated carbocycles. The third-order valence-corrected chi connectivity index (χ3v) is 7.73. The molecule has 1 saturated heterocycles. The van der Waals surface area contributed by atoms with Gasteiger partial charge in [-0.05, 0) is 42.1 Å². The standard InChI is InChI=1S/C22H28O5/c1-13-16-5-7-21(2)17(20(24)25-4)9-15(23)10-19(21)22(16,3)11-18(27-13)14-6-8-26-12-14/h6,8,12,16-19H,1,5,7,9-11H2,2-4H3/t16-,17-,18-,19-,21-,22-/m0/s1. The monoisotopic (exact) mass is 372 g/mol. The Morgan fingerprint density at radius 1 is 1.30 bits per heavy atom. The third-order valence-electron chi connectivity index (χ3n) is 7.73. The van der Waals surface area contributed by atoms with E-state index < -0.39 is 0 Å². The van der Waals surface area contributed by atoms with E-state index in [1.54, 1.807) is 12.5 Å². The summed E-state index contributed by atoms with van der Waals surface area (Å²) < 4.78 is 16.5. The maximum atomic E-state index is 12.6. The molecule has 5 nitrogen and oxygen atoms in total. The lowest BCUT2D eigenvalue weighted by molar-refractivity contribution is -0.183. The molecule has 1 aliphatic heterocycles. The Morgan fingerprint density at radius 2 is 2.07 bits per heavy atom. The highest BCUT2D eigenvalue weighted by Crippen LogP contribution is 2.66. The summed E-state index contributed by atoms with van der Waals surface area (Å²) in [6, 6.07) is 1.92. The van der Waals surface area contributed by atoms with Crippen LogP contribution in [0, 0.1) is 28.6 Å². The van der Waals surface area contributed by atoms with Crippen molar-refractivity contribution in [3.05, 3.63) is 36.5 Å². The number of hydrogen-bond acceptors (Lipinski definition) is 5. The molecule has 4 rings (SSSR count). The average molecular weight is 372 g/mol. The topological polar surface area (TPSA) is 65.7 Å². The molecule has 0 amide bonds. The fourth-order valence-corrected chi connectivity index (χ4v) is 6.27. The van der Waals surface area contributed by atoms with Gasteiger partial charge in [0.05, 0.1) is 31.3 Å². The average Bonchev–Trinajstić information content (AvgIpc) is 3.16. The largest absolute Gasteiger partial charge is 0.490 e. The third kappa shape index (κ3) is 2.66. The van der Waals surface area contributed by atoms with E-state index in [0.717, 1.165) is 30.6 Å². The molecule has 1 aromatic rings. The number of Topliss-reactive ketones (excluding diaryl/α,β-unsaturated/α-hetero) is 1. The molecule has 0 N–H and O–H groups in total. The van der Waals surface area contributed by atoms with Gasteiger partial charge in [-0.2, -0.15) is 0 Å². The highest BCUT2D eigenvalue weighted by Gasteiger charge is 2.63. The summed E-state index contributed by atoms with van der Waals surface area (Å²) in [5.74, 6) is 0.633. The first kappa shape index (κ1) is 18.3. The molecule has 0 spiro atoms. The minimum absolute atomic E-state index is 0.101. The van der Waals surface area contributed by atoms with Crippen molar-refractivity contribution in [1.29, 1.82) is 0 Å². The maximum absolute atomic E-state index is 12.6. The zero-order valence-corrected chi connectivity index (χ0v) is 16.3. The molecule has 6 atom stereocenters. The molecule has 146 valence electrons. The predicted molar refractivity (Wildman–Crippen MR) is 98.5 cm³/mol. The second-order valence-corrected chi connectivity index (χ2v) is 9.01. The minimum atomic E-state index is -0.366. The van der Waals surface area contributed by atoms with Crippen LogP contribution in [0.4, 0.5) is 0 Å². The summed E-state index contributed by atoms with van der Waals surface area (Å²) in [5, 5.41) is 0. The number of furan rings is 1. The highest BCUT2D eigenvalue weighted by molar-refractivity contribution is 5.87. The molecule has 0 radical (unpaired) electrons. The SMILES string of the molecule is C=C1O[C@H](c2ccoc2)C[C@]2(C)[C@H]3CC(=O)C[C@@H](C(=O)OC)[C@]3(C)CC[C@@H]12. The van der Waals surface area contributed by atoms with Gasteiger partial charge >= 0.3 is 5.97 Å². The predicted octanol–water partition coefficient (Wildman–Crippen LogP) is 4.45. The lowest BCUT2D eigenvalue weighted by Gasteiger charge is -2.62. The smallest absolute Gasteiger partial charge is 0.309 e. The van der Waals surface area contributed by atoms with Crippen LogP contribution < -0.4 is 0 Å². The molecule has 2 aliphatic carbocycles. The van der Waals surface area contributed by atoms with Crippen molar-refractivity contribution >= 4 is 11.8 Å². The van der Waals surface area contributed by atoms with Gasteiger partial charge in [-0.1, -0.05) is 20.4 Å². The Bertz CT molecular complexity index is 766. The van der Waals surface area contributed by atoms with E-state index in [1.165, 1.54) is 7.11 Å². The van der Waals surface area contributed by atoms with Crippen LogP contribution in [0.3, 0.4) is 0 Å². The van der Waals surface area contributed by atoms with Gasteiger partial charge in [-0.3, -0.25) is 9.59 Å². The number of carbonyl (C=O) groups excluding carboxylic acids is 2. The molecule has 5 heteroatoms. The Hall–Kier alpha value is -2.04. The Morgan fingerprint density at radius 3 is 2.74 bits per heavy atom. The van der Waals surface area contributed by atoms with E-state index in [0.29, 0.717) is 12.8 Å². The molecule has 2 heterocycles. The summed E-state index contributed by atoms with van der Waals surface area (Å²) in [5.41, 5.74) is 0.590. The quantitative estimate of drug-likeness (QED) is 0.718. The van der Waals surface area contributed by atoms with E-state index in [4.69, 9.17) is 13.9 Å². The number of ketones is 1. The fraction of sp³-hybridized carbons (Fsp3) is 0.636. The zero-order valence-electron chi connectivity index (χ0n) is 16.3. The Balaban J connectivity index is 1.74. The van der Waals surface area contributed by atoms with Crippen molar-refractivity contribution in [1.82, 2.24) is 0 Å². The van der Waals surface area contributed by atoms with Crippen LogP contribution in [0.1, 0.15) is 57.6 Å². The number of hydrogen-bond donors (Lipinski definition) is 0. The first-order chi connectivity index (χ1) is 12.8. The van der Waals surface area contributed by atoms with Crippen molar-refractivity contribution in [3.63, 3.8) is 0 Å². The van der Waals surface area contributed by atoms with Gasteiger partial charge in [0.15, 0.2) is 0 Å². The molecule has 0 bridgehead atoms. The Labute approximate surface area is 160 Å². The van der Waals surface area contributed by atoms with Crippen LogP contribution in [0.15, 0.2) is 35.3 Å². The number of rotatable bonds is 2. The summed E-state index contributed by atoms with van der Waals surface area (Å²) >= 11 is 0. The van der Waals surface area contributed by atoms with Gasteiger partial charge in [-0.15, -0.1) is 0 Å². The van der Waals surface area contributed by atoms with Gasteiger partial charge in [0.1, 0.15) is 11.9 Å². The molecule has 0 aromatic carbocycles. The number of carbonyl (C=O) groups is 2. The van der Waals surface area contributed by atoms with E-state index in [1.807, 2.05) is 6.07 Å². The normalized spacial score (nSPS) is 41.3. The van der Waals surface area contributed by atoms with Crippen LogP contribution in [0.25, 0.3) is 0 Å². The maximum Gasteiger partial charge on any atom is 0.309 e. The number of allylic oxidation sites excluding steroid dienone is 1. The van der Waals surface area contributed by atoms with Crippen LogP contribution in [0.5, 0.6) is 0 Å². The van der Waals surface area contributed by atoms with Gasteiger partial charge in [0.2, 0.25) is 0 Å². The summed E-state index contributed by atoms with van der Waals surface area (Å²) in [7, 11) is 1.42. The lowest BCUT2D eigenvalue weighted by Crippen LogP contribution is -2.58.